The van der Waals surface area contributed by atoms with Crippen LogP contribution in [0, 0.1) is 0 Å². The number of aromatic nitrogens is 2. The third kappa shape index (κ3) is 1.90. The van der Waals surface area contributed by atoms with Crippen LogP contribution in [0.1, 0.15) is 6.42 Å². The van der Waals surface area contributed by atoms with Crippen molar-refractivity contribution in [3.63, 3.8) is 0 Å². The number of aliphatic carboxylic acids is 1. The van der Waals surface area contributed by atoms with Crippen LogP contribution in [0.5, 0.6) is 0 Å². The van der Waals surface area contributed by atoms with Gasteiger partial charge in [-0.15, -0.1) is 0 Å². The lowest BCUT2D eigenvalue weighted by Crippen LogP contribution is -2.05. The fraction of sp³-hybridized carbons (Fsp3) is 0.200. The Balaban J connectivity index is 2.35. The van der Waals surface area contributed by atoms with Crippen molar-refractivity contribution in [2.75, 3.05) is 5.73 Å². The van der Waals surface area contributed by atoms with Gasteiger partial charge in [-0.25, -0.2) is 0 Å². The zero-order chi connectivity index (χ0) is 10.8. The molecule has 0 saturated carbocycles. The summed E-state index contributed by atoms with van der Waals surface area (Å²) in [6.07, 6.45) is 1.77. The van der Waals surface area contributed by atoms with Crippen molar-refractivity contribution in [2.24, 2.45) is 0 Å². The van der Waals surface area contributed by atoms with Gasteiger partial charge < -0.3 is 10.8 Å². The molecule has 15 heavy (non-hydrogen) atoms. The molecule has 0 spiro atoms. The first kappa shape index (κ1) is 9.51. The van der Waals surface area contributed by atoms with E-state index in [4.69, 9.17) is 10.8 Å². The van der Waals surface area contributed by atoms with Crippen molar-refractivity contribution in [2.45, 2.75) is 13.0 Å². The number of hydrogen-bond acceptors (Lipinski definition) is 3. The lowest BCUT2D eigenvalue weighted by Gasteiger charge is -2.01. The highest BCUT2D eigenvalue weighted by Gasteiger charge is 2.04. The summed E-state index contributed by atoms with van der Waals surface area (Å²) in [5.41, 5.74) is 7.17. The second kappa shape index (κ2) is 3.61. The average Bonchev–Trinajstić information content (AvgIpc) is 2.57. The van der Waals surface area contributed by atoms with Crippen LogP contribution >= 0.6 is 0 Å². The molecule has 0 radical (unpaired) electrons. The van der Waals surface area contributed by atoms with Crippen LogP contribution in [0.2, 0.25) is 0 Å². The standard InChI is InChI=1S/C10H11N3O2/c11-8-2-1-7-6-12-13(9(7)5-8)4-3-10(14)15/h1-2,5-6H,3-4,11H2,(H,14,15). The predicted octanol–water partition coefficient (Wildman–Crippen LogP) is 1.09. The Morgan fingerprint density at radius 3 is 3.07 bits per heavy atom. The first-order valence-corrected chi connectivity index (χ1v) is 4.59. The lowest BCUT2D eigenvalue weighted by atomic mass is 10.2. The van der Waals surface area contributed by atoms with E-state index in [9.17, 15) is 4.79 Å². The molecular formula is C10H11N3O2. The van der Waals surface area contributed by atoms with E-state index in [0.29, 0.717) is 12.2 Å². The van der Waals surface area contributed by atoms with Gasteiger partial charge in [0.25, 0.3) is 0 Å². The highest BCUT2D eigenvalue weighted by molar-refractivity contribution is 5.81. The molecule has 3 N–H and O–H groups in total. The molecule has 0 fully saturated rings. The second-order valence-electron chi connectivity index (χ2n) is 3.33. The summed E-state index contributed by atoms with van der Waals surface area (Å²) in [6, 6.07) is 5.46. The molecule has 1 aromatic heterocycles. The van der Waals surface area contributed by atoms with Gasteiger partial charge in [0.05, 0.1) is 24.7 Å². The van der Waals surface area contributed by atoms with Crippen LogP contribution < -0.4 is 5.73 Å². The largest absolute Gasteiger partial charge is 0.481 e. The number of aryl methyl sites for hydroxylation is 1. The minimum Gasteiger partial charge on any atom is -0.481 e. The molecule has 5 heteroatoms. The Labute approximate surface area is 86.1 Å². The SMILES string of the molecule is Nc1ccc2cnn(CCC(=O)O)c2c1. The lowest BCUT2D eigenvalue weighted by molar-refractivity contribution is -0.137. The number of rotatable bonds is 3. The van der Waals surface area contributed by atoms with E-state index in [1.807, 2.05) is 6.07 Å². The Bertz CT molecular complexity index is 504. The first-order chi connectivity index (χ1) is 7.16. The van der Waals surface area contributed by atoms with Crippen molar-refractivity contribution in [1.29, 1.82) is 0 Å². The first-order valence-electron chi connectivity index (χ1n) is 4.59. The van der Waals surface area contributed by atoms with Crippen LogP contribution in [0.25, 0.3) is 10.9 Å². The Morgan fingerprint density at radius 1 is 1.53 bits per heavy atom. The van der Waals surface area contributed by atoms with E-state index in [0.717, 1.165) is 10.9 Å². The maximum absolute atomic E-state index is 10.4. The highest BCUT2D eigenvalue weighted by Crippen LogP contribution is 2.17. The highest BCUT2D eigenvalue weighted by atomic mass is 16.4. The molecule has 0 unspecified atom stereocenters. The van der Waals surface area contributed by atoms with Gasteiger partial charge in [0.1, 0.15) is 0 Å². The number of benzene rings is 1. The van der Waals surface area contributed by atoms with Crippen molar-refractivity contribution in [1.82, 2.24) is 9.78 Å². The Hall–Kier alpha value is -2.04. The summed E-state index contributed by atoms with van der Waals surface area (Å²) in [4.78, 5) is 10.4. The van der Waals surface area contributed by atoms with Crippen molar-refractivity contribution in [3.05, 3.63) is 24.4 Å². The zero-order valence-corrected chi connectivity index (χ0v) is 8.05. The van der Waals surface area contributed by atoms with Crippen molar-refractivity contribution < 1.29 is 9.90 Å². The maximum Gasteiger partial charge on any atom is 0.305 e. The zero-order valence-electron chi connectivity index (χ0n) is 8.05. The third-order valence-electron chi connectivity index (χ3n) is 2.21. The van der Waals surface area contributed by atoms with Gasteiger partial charge in [0.2, 0.25) is 0 Å². The minimum atomic E-state index is -0.831. The molecule has 0 bridgehead atoms. The van der Waals surface area contributed by atoms with Crippen LogP contribution in [0.3, 0.4) is 0 Å². The summed E-state index contributed by atoms with van der Waals surface area (Å²) >= 11 is 0. The summed E-state index contributed by atoms with van der Waals surface area (Å²) in [5, 5.41) is 13.6. The van der Waals surface area contributed by atoms with Crippen molar-refractivity contribution in [3.8, 4) is 0 Å². The topological polar surface area (TPSA) is 81.1 Å². The molecular weight excluding hydrogens is 194 g/mol. The number of carboxylic acids is 1. The minimum absolute atomic E-state index is 0.0611. The van der Waals surface area contributed by atoms with E-state index in [2.05, 4.69) is 5.10 Å². The van der Waals surface area contributed by atoms with Gasteiger partial charge in [-0.1, -0.05) is 0 Å². The van der Waals surface area contributed by atoms with E-state index in [-0.39, 0.29) is 6.42 Å². The molecule has 2 rings (SSSR count). The fourth-order valence-corrected chi connectivity index (χ4v) is 1.47. The monoisotopic (exact) mass is 205 g/mol. The molecule has 0 saturated heterocycles. The molecule has 0 aliphatic carbocycles. The van der Waals surface area contributed by atoms with Crippen LogP contribution in [-0.2, 0) is 11.3 Å². The molecule has 1 aromatic carbocycles. The maximum atomic E-state index is 10.4. The normalized spacial score (nSPS) is 10.7. The number of carbonyl (C=O) groups is 1. The van der Waals surface area contributed by atoms with Gasteiger partial charge in [-0.3, -0.25) is 9.48 Å². The fourth-order valence-electron chi connectivity index (χ4n) is 1.47. The van der Waals surface area contributed by atoms with E-state index in [1.54, 1.807) is 23.0 Å². The van der Waals surface area contributed by atoms with E-state index in [1.165, 1.54) is 0 Å². The number of nitrogens with zero attached hydrogens (tertiary/aromatic N) is 2. The number of fused-ring (bicyclic) bond motifs is 1. The Morgan fingerprint density at radius 2 is 2.33 bits per heavy atom. The van der Waals surface area contributed by atoms with Gasteiger partial charge in [0, 0.05) is 11.1 Å². The quantitative estimate of drug-likeness (QED) is 0.735. The summed E-state index contributed by atoms with van der Waals surface area (Å²) < 4.78 is 1.65. The van der Waals surface area contributed by atoms with Gasteiger partial charge in [0.15, 0.2) is 0 Å². The molecule has 5 nitrogen and oxygen atoms in total. The molecule has 2 aromatic rings. The van der Waals surface area contributed by atoms with E-state index < -0.39 is 5.97 Å². The third-order valence-corrected chi connectivity index (χ3v) is 2.21. The smallest absolute Gasteiger partial charge is 0.305 e. The Kier molecular flexibility index (Phi) is 2.29. The van der Waals surface area contributed by atoms with Gasteiger partial charge in [-0.05, 0) is 18.2 Å². The number of nitrogen functional groups attached to an aromatic ring is 1. The number of anilines is 1. The molecule has 0 aliphatic rings. The number of hydrogen-bond donors (Lipinski definition) is 2. The second-order valence-corrected chi connectivity index (χ2v) is 3.33. The summed E-state index contributed by atoms with van der Waals surface area (Å²) in [6.45, 7) is 0.363. The van der Waals surface area contributed by atoms with Crippen LogP contribution in [0.4, 0.5) is 5.69 Å². The molecule has 0 aliphatic heterocycles. The number of nitrogens with two attached hydrogens (primary N) is 1. The van der Waals surface area contributed by atoms with Gasteiger partial charge >= 0.3 is 5.97 Å². The van der Waals surface area contributed by atoms with Crippen LogP contribution in [0.15, 0.2) is 24.4 Å². The molecule has 0 amide bonds. The predicted molar refractivity (Wildman–Crippen MR) is 56.4 cm³/mol. The average molecular weight is 205 g/mol. The number of carboxylic acid groups (broad SMARTS) is 1. The summed E-state index contributed by atoms with van der Waals surface area (Å²) in [7, 11) is 0. The summed E-state index contributed by atoms with van der Waals surface area (Å²) in [5.74, 6) is -0.831. The van der Waals surface area contributed by atoms with Crippen molar-refractivity contribution >= 4 is 22.6 Å². The molecule has 1 heterocycles. The van der Waals surface area contributed by atoms with E-state index >= 15 is 0 Å². The molecule has 78 valence electrons. The molecule has 0 atom stereocenters. The van der Waals surface area contributed by atoms with Crippen LogP contribution in [-0.4, -0.2) is 20.9 Å². The van der Waals surface area contributed by atoms with Gasteiger partial charge in [-0.2, -0.15) is 5.10 Å².